The van der Waals surface area contributed by atoms with Crippen LogP contribution in [0.2, 0.25) is 0 Å². The number of nitrogens with zero attached hydrogens (tertiary/aromatic N) is 1. The lowest BCUT2D eigenvalue weighted by Crippen LogP contribution is -2.46. The molecule has 0 aromatic heterocycles. The Morgan fingerprint density at radius 2 is 1.52 bits per heavy atom. The van der Waals surface area contributed by atoms with Crippen molar-refractivity contribution in [1.82, 2.24) is 4.90 Å². The summed E-state index contributed by atoms with van der Waals surface area (Å²) in [5.74, 6) is -0.198. The number of rotatable bonds is 5. The molecule has 0 radical (unpaired) electrons. The Labute approximate surface area is 183 Å². The first-order chi connectivity index (χ1) is 15.1. The molecule has 1 saturated heterocycles. The highest BCUT2D eigenvalue weighted by Crippen LogP contribution is 2.32. The molecular weight excluding hydrogens is 384 g/mol. The van der Waals surface area contributed by atoms with Crippen LogP contribution in [0.5, 0.6) is 0 Å². The molecule has 4 rings (SSSR count). The number of amides is 2. The quantitative estimate of drug-likeness (QED) is 0.631. The van der Waals surface area contributed by atoms with Crippen molar-refractivity contribution in [2.24, 2.45) is 5.92 Å². The lowest BCUT2D eigenvalue weighted by atomic mass is 9.83. The fourth-order valence-electron chi connectivity index (χ4n) is 4.25. The third-order valence-electron chi connectivity index (χ3n) is 6.03. The molecule has 0 aliphatic carbocycles. The molecule has 158 valence electrons. The van der Waals surface area contributed by atoms with Crippen molar-refractivity contribution in [2.75, 3.05) is 18.4 Å². The van der Waals surface area contributed by atoms with E-state index in [2.05, 4.69) is 36.5 Å². The van der Waals surface area contributed by atoms with Crippen molar-refractivity contribution >= 4 is 17.5 Å². The van der Waals surface area contributed by atoms with Crippen LogP contribution in [0.15, 0.2) is 84.9 Å². The summed E-state index contributed by atoms with van der Waals surface area (Å²) in [5, 5.41) is 3.02. The second kappa shape index (κ2) is 9.61. The van der Waals surface area contributed by atoms with Crippen LogP contribution in [0.1, 0.15) is 40.7 Å². The maximum absolute atomic E-state index is 13.2. The Hall–Kier alpha value is -3.40. The van der Waals surface area contributed by atoms with Crippen LogP contribution in [0.3, 0.4) is 0 Å². The van der Waals surface area contributed by atoms with Gasteiger partial charge in [0, 0.05) is 30.3 Å². The number of para-hydroxylation sites is 1. The van der Waals surface area contributed by atoms with Gasteiger partial charge in [-0.1, -0.05) is 67.6 Å². The van der Waals surface area contributed by atoms with Gasteiger partial charge in [0.05, 0.1) is 5.92 Å². The van der Waals surface area contributed by atoms with Crippen LogP contribution in [0.4, 0.5) is 5.69 Å². The van der Waals surface area contributed by atoms with Crippen LogP contribution >= 0.6 is 0 Å². The number of carbonyl (C=O) groups is 2. The van der Waals surface area contributed by atoms with Gasteiger partial charge in [-0.15, -0.1) is 0 Å². The van der Waals surface area contributed by atoms with Crippen LogP contribution in [0.25, 0.3) is 0 Å². The van der Waals surface area contributed by atoms with Crippen molar-refractivity contribution < 1.29 is 9.59 Å². The number of anilines is 1. The number of hydrogen-bond donors (Lipinski definition) is 1. The average Bonchev–Trinajstić information content (AvgIpc) is 2.84. The van der Waals surface area contributed by atoms with Crippen LogP contribution < -0.4 is 5.32 Å². The van der Waals surface area contributed by atoms with Crippen molar-refractivity contribution in [3.05, 3.63) is 102 Å². The molecule has 4 heteroatoms. The maximum atomic E-state index is 13.2. The lowest BCUT2D eigenvalue weighted by Gasteiger charge is -2.37. The maximum Gasteiger partial charge on any atom is 0.253 e. The average molecular weight is 413 g/mol. The van der Waals surface area contributed by atoms with E-state index in [-0.39, 0.29) is 23.7 Å². The zero-order valence-corrected chi connectivity index (χ0v) is 17.8. The number of piperidine rings is 1. The summed E-state index contributed by atoms with van der Waals surface area (Å²) in [7, 11) is 0. The molecule has 0 saturated carbocycles. The number of nitrogens with one attached hydrogen (secondary N) is 1. The van der Waals surface area contributed by atoms with Crippen LogP contribution in [-0.4, -0.2) is 29.8 Å². The van der Waals surface area contributed by atoms with Gasteiger partial charge in [-0.25, -0.2) is 0 Å². The molecule has 3 aromatic rings. The highest BCUT2D eigenvalue weighted by Gasteiger charge is 2.35. The van der Waals surface area contributed by atoms with Gasteiger partial charge >= 0.3 is 0 Å². The Bertz CT molecular complexity index is 1020. The van der Waals surface area contributed by atoms with E-state index in [1.165, 1.54) is 11.1 Å². The first-order valence-electron chi connectivity index (χ1n) is 10.9. The highest BCUT2D eigenvalue weighted by atomic mass is 16.2. The van der Waals surface area contributed by atoms with E-state index in [4.69, 9.17) is 0 Å². The molecular formula is C27H28N2O2. The van der Waals surface area contributed by atoms with Gasteiger partial charge < -0.3 is 10.2 Å². The van der Waals surface area contributed by atoms with Crippen molar-refractivity contribution in [3.63, 3.8) is 0 Å². The number of carbonyl (C=O) groups excluding carboxylic acids is 2. The number of hydrogen-bond acceptors (Lipinski definition) is 2. The molecule has 1 heterocycles. The highest BCUT2D eigenvalue weighted by molar-refractivity contribution is 5.96. The molecule has 0 bridgehead atoms. The van der Waals surface area contributed by atoms with E-state index in [9.17, 15) is 9.59 Å². The van der Waals surface area contributed by atoms with Gasteiger partial charge in [0.25, 0.3) is 5.91 Å². The Kier molecular flexibility index (Phi) is 6.46. The van der Waals surface area contributed by atoms with Crippen LogP contribution in [0, 0.1) is 5.92 Å². The van der Waals surface area contributed by atoms with Crippen molar-refractivity contribution in [1.29, 1.82) is 0 Å². The Morgan fingerprint density at radius 1 is 0.871 bits per heavy atom. The predicted octanol–water partition coefficient (Wildman–Crippen LogP) is 5.13. The number of likely N-dealkylation sites (tertiary alicyclic amines) is 1. The minimum atomic E-state index is -0.266. The molecule has 2 atom stereocenters. The summed E-state index contributed by atoms with van der Waals surface area (Å²) in [5.41, 5.74) is 3.91. The van der Waals surface area contributed by atoms with E-state index in [1.807, 2.05) is 65.6 Å². The fourth-order valence-corrected chi connectivity index (χ4v) is 4.25. The fraction of sp³-hybridized carbons (Fsp3) is 0.259. The minimum absolute atomic E-state index is 0.0204. The topological polar surface area (TPSA) is 49.4 Å². The van der Waals surface area contributed by atoms with Crippen LogP contribution in [-0.2, 0) is 11.2 Å². The standard InChI is InChI=1S/C27H28N2O2/c1-2-20-13-15-21(16-14-20)23-17-24(26(30)28-25-11-7-4-8-12-25)19-29(18-23)27(31)22-9-5-3-6-10-22/h3-16,23-24H,2,17-19H2,1H3,(H,28,30). The second-order valence-electron chi connectivity index (χ2n) is 8.16. The molecule has 2 amide bonds. The Morgan fingerprint density at radius 3 is 2.16 bits per heavy atom. The van der Waals surface area contributed by atoms with E-state index < -0.39 is 0 Å². The smallest absolute Gasteiger partial charge is 0.253 e. The number of benzene rings is 3. The zero-order valence-electron chi connectivity index (χ0n) is 17.8. The molecule has 1 fully saturated rings. The normalized spacial score (nSPS) is 18.4. The first kappa shape index (κ1) is 20.9. The zero-order chi connectivity index (χ0) is 21.6. The molecule has 1 aliphatic heterocycles. The summed E-state index contributed by atoms with van der Waals surface area (Å²) in [6.45, 7) is 3.18. The van der Waals surface area contributed by atoms with E-state index >= 15 is 0 Å². The summed E-state index contributed by atoms with van der Waals surface area (Å²) >= 11 is 0. The third-order valence-corrected chi connectivity index (χ3v) is 6.03. The summed E-state index contributed by atoms with van der Waals surface area (Å²) in [4.78, 5) is 28.1. The Balaban J connectivity index is 1.58. The van der Waals surface area contributed by atoms with Gasteiger partial charge in [0.2, 0.25) is 5.91 Å². The summed E-state index contributed by atoms with van der Waals surface area (Å²) < 4.78 is 0. The molecule has 0 spiro atoms. The van der Waals surface area contributed by atoms with Gasteiger partial charge in [0.1, 0.15) is 0 Å². The number of aryl methyl sites for hydroxylation is 1. The lowest BCUT2D eigenvalue weighted by molar-refractivity contribution is -0.121. The van der Waals surface area contributed by atoms with Crippen molar-refractivity contribution in [2.45, 2.75) is 25.7 Å². The third kappa shape index (κ3) is 5.02. The monoisotopic (exact) mass is 412 g/mol. The molecule has 1 aliphatic rings. The SMILES string of the molecule is CCc1ccc(C2CC(C(=O)Nc3ccccc3)CN(C(=O)c3ccccc3)C2)cc1. The minimum Gasteiger partial charge on any atom is -0.337 e. The van der Waals surface area contributed by atoms with Gasteiger partial charge in [-0.2, -0.15) is 0 Å². The van der Waals surface area contributed by atoms with Crippen molar-refractivity contribution in [3.8, 4) is 0 Å². The van der Waals surface area contributed by atoms with Gasteiger partial charge in [0.15, 0.2) is 0 Å². The molecule has 1 N–H and O–H groups in total. The first-order valence-corrected chi connectivity index (χ1v) is 10.9. The van der Waals surface area contributed by atoms with E-state index in [0.29, 0.717) is 18.7 Å². The second-order valence-corrected chi connectivity index (χ2v) is 8.16. The van der Waals surface area contributed by atoms with Gasteiger partial charge in [-0.05, 0) is 48.2 Å². The predicted molar refractivity (Wildman–Crippen MR) is 124 cm³/mol. The molecule has 31 heavy (non-hydrogen) atoms. The molecule has 2 unspecified atom stereocenters. The van der Waals surface area contributed by atoms with E-state index in [1.54, 1.807) is 0 Å². The molecule has 4 nitrogen and oxygen atoms in total. The largest absolute Gasteiger partial charge is 0.337 e. The molecule has 3 aromatic carbocycles. The van der Waals surface area contributed by atoms with Gasteiger partial charge in [-0.3, -0.25) is 9.59 Å². The summed E-state index contributed by atoms with van der Waals surface area (Å²) in [6.07, 6.45) is 1.72. The summed E-state index contributed by atoms with van der Waals surface area (Å²) in [6, 6.07) is 27.4. The van der Waals surface area contributed by atoms with E-state index in [0.717, 1.165) is 18.5 Å².